The van der Waals surface area contributed by atoms with Crippen molar-refractivity contribution in [3.05, 3.63) is 47.2 Å². The molecule has 0 atom stereocenters. The van der Waals surface area contributed by atoms with Crippen molar-refractivity contribution in [1.82, 2.24) is 15.2 Å². The Morgan fingerprint density at radius 3 is 2.58 bits per heavy atom. The number of guanidine groups is 1. The number of nitrogens with one attached hydrogen (secondary N) is 2. The van der Waals surface area contributed by atoms with E-state index < -0.39 is 0 Å². The molecule has 0 aliphatic carbocycles. The lowest BCUT2D eigenvalue weighted by molar-refractivity contribution is 0.311. The number of aromatic nitrogens is 1. The topological polar surface area (TPSA) is 59.8 Å². The Bertz CT molecular complexity index is 693. The van der Waals surface area contributed by atoms with E-state index in [9.17, 15) is 0 Å². The van der Waals surface area contributed by atoms with E-state index in [-0.39, 0.29) is 24.0 Å². The minimum absolute atomic E-state index is 0. The van der Waals surface area contributed by atoms with E-state index in [0.29, 0.717) is 29.7 Å². The average molecular weight is 493 g/mol. The van der Waals surface area contributed by atoms with Crippen LogP contribution in [0.1, 0.15) is 12.5 Å². The van der Waals surface area contributed by atoms with Crippen molar-refractivity contribution in [2.45, 2.75) is 20.0 Å². The molecule has 0 aliphatic heterocycles. The zero-order chi connectivity index (χ0) is 18.1. The SMILES string of the molecule is CCOc1c(Cl)cc(CNC(=NC)NCCn2cccc2)cc1OC.I. The summed E-state index contributed by atoms with van der Waals surface area (Å²) in [5.41, 5.74) is 0.985. The number of halogens is 2. The molecule has 0 saturated carbocycles. The average Bonchev–Trinajstić information content (AvgIpc) is 3.13. The molecule has 26 heavy (non-hydrogen) atoms. The van der Waals surface area contributed by atoms with Crippen LogP contribution in [-0.4, -0.2) is 37.8 Å². The maximum atomic E-state index is 6.30. The van der Waals surface area contributed by atoms with E-state index >= 15 is 0 Å². The molecule has 1 aromatic heterocycles. The number of methoxy groups -OCH3 is 1. The van der Waals surface area contributed by atoms with Gasteiger partial charge >= 0.3 is 0 Å². The van der Waals surface area contributed by atoms with Crippen molar-refractivity contribution in [1.29, 1.82) is 0 Å². The van der Waals surface area contributed by atoms with Crippen molar-refractivity contribution in [3.8, 4) is 11.5 Å². The van der Waals surface area contributed by atoms with Crippen LogP contribution in [-0.2, 0) is 13.1 Å². The monoisotopic (exact) mass is 492 g/mol. The molecule has 1 heterocycles. The minimum Gasteiger partial charge on any atom is -0.493 e. The molecule has 0 radical (unpaired) electrons. The maximum Gasteiger partial charge on any atom is 0.191 e. The van der Waals surface area contributed by atoms with E-state index in [1.54, 1.807) is 14.2 Å². The van der Waals surface area contributed by atoms with Gasteiger partial charge in [0.05, 0.1) is 18.7 Å². The van der Waals surface area contributed by atoms with Gasteiger partial charge in [-0.05, 0) is 36.8 Å². The maximum absolute atomic E-state index is 6.30. The van der Waals surface area contributed by atoms with Crippen LogP contribution < -0.4 is 20.1 Å². The molecule has 8 heteroatoms. The number of rotatable bonds is 8. The number of aliphatic imine (C=N–C) groups is 1. The van der Waals surface area contributed by atoms with Crippen LogP contribution in [0.25, 0.3) is 0 Å². The third-order valence-corrected chi connectivity index (χ3v) is 3.87. The molecule has 0 unspecified atom stereocenters. The molecule has 2 rings (SSSR count). The predicted octanol–water partition coefficient (Wildman–Crippen LogP) is 3.53. The van der Waals surface area contributed by atoms with E-state index in [4.69, 9.17) is 21.1 Å². The summed E-state index contributed by atoms with van der Waals surface area (Å²) in [6.07, 6.45) is 4.07. The second-order valence-electron chi connectivity index (χ2n) is 5.32. The molecule has 0 spiro atoms. The van der Waals surface area contributed by atoms with Gasteiger partial charge in [-0.15, -0.1) is 24.0 Å². The molecule has 0 bridgehead atoms. The molecule has 0 fully saturated rings. The summed E-state index contributed by atoms with van der Waals surface area (Å²) in [7, 11) is 3.35. The highest BCUT2D eigenvalue weighted by molar-refractivity contribution is 14.0. The zero-order valence-electron chi connectivity index (χ0n) is 15.3. The third-order valence-electron chi connectivity index (χ3n) is 3.59. The number of benzene rings is 1. The third kappa shape index (κ3) is 6.60. The van der Waals surface area contributed by atoms with Crippen LogP contribution in [0.15, 0.2) is 41.7 Å². The summed E-state index contributed by atoms with van der Waals surface area (Å²) in [6.45, 7) is 4.67. The van der Waals surface area contributed by atoms with E-state index in [1.165, 1.54) is 0 Å². The van der Waals surface area contributed by atoms with Crippen molar-refractivity contribution < 1.29 is 9.47 Å². The van der Waals surface area contributed by atoms with Gasteiger partial charge in [0.1, 0.15) is 0 Å². The molecule has 0 amide bonds. The van der Waals surface area contributed by atoms with Crippen molar-refractivity contribution in [3.63, 3.8) is 0 Å². The number of hydrogen-bond acceptors (Lipinski definition) is 3. The van der Waals surface area contributed by atoms with Gasteiger partial charge in [0.25, 0.3) is 0 Å². The number of hydrogen-bond donors (Lipinski definition) is 2. The van der Waals surface area contributed by atoms with Crippen LogP contribution >= 0.6 is 35.6 Å². The highest BCUT2D eigenvalue weighted by Crippen LogP contribution is 2.36. The molecule has 0 aliphatic rings. The van der Waals surface area contributed by atoms with E-state index in [2.05, 4.69) is 20.2 Å². The summed E-state index contributed by atoms with van der Waals surface area (Å²) in [5.74, 6) is 1.93. The van der Waals surface area contributed by atoms with Crippen LogP contribution in [0.5, 0.6) is 11.5 Å². The Labute approximate surface area is 176 Å². The van der Waals surface area contributed by atoms with E-state index in [0.717, 1.165) is 24.6 Å². The molecular weight excluding hydrogens is 467 g/mol. The quantitative estimate of drug-likeness (QED) is 0.336. The Morgan fingerprint density at radius 1 is 1.23 bits per heavy atom. The second kappa shape index (κ2) is 11.9. The van der Waals surface area contributed by atoms with Gasteiger partial charge in [0, 0.05) is 39.1 Å². The smallest absolute Gasteiger partial charge is 0.191 e. The highest BCUT2D eigenvalue weighted by Gasteiger charge is 2.11. The summed E-state index contributed by atoms with van der Waals surface area (Å²) in [4.78, 5) is 4.23. The number of nitrogens with zero attached hydrogens (tertiary/aromatic N) is 2. The zero-order valence-corrected chi connectivity index (χ0v) is 18.4. The molecule has 0 saturated heterocycles. The Balaban J connectivity index is 0.00000338. The van der Waals surface area contributed by atoms with Gasteiger partial charge < -0.3 is 24.7 Å². The number of ether oxygens (including phenoxy) is 2. The van der Waals surface area contributed by atoms with Gasteiger partial charge in [-0.1, -0.05) is 11.6 Å². The van der Waals surface area contributed by atoms with Gasteiger partial charge in [-0.25, -0.2) is 0 Å². The summed E-state index contributed by atoms with van der Waals surface area (Å²) in [6, 6.07) is 7.80. The van der Waals surface area contributed by atoms with Crippen molar-refractivity contribution in [2.24, 2.45) is 4.99 Å². The van der Waals surface area contributed by atoms with E-state index in [1.807, 2.05) is 43.6 Å². The summed E-state index contributed by atoms with van der Waals surface area (Å²) >= 11 is 6.30. The first-order chi connectivity index (χ1) is 12.2. The van der Waals surface area contributed by atoms with Crippen LogP contribution in [0.2, 0.25) is 5.02 Å². The molecular formula is C18H26ClIN4O2. The lowest BCUT2D eigenvalue weighted by atomic mass is 10.2. The molecule has 6 nitrogen and oxygen atoms in total. The van der Waals surface area contributed by atoms with Crippen LogP contribution in [0, 0.1) is 0 Å². The molecule has 2 aromatic rings. The molecule has 1 aromatic carbocycles. The fraction of sp³-hybridized carbons (Fsp3) is 0.389. The Hall–Kier alpha value is -1.61. The van der Waals surface area contributed by atoms with Gasteiger partial charge in [-0.3, -0.25) is 4.99 Å². The van der Waals surface area contributed by atoms with Crippen molar-refractivity contribution in [2.75, 3.05) is 27.3 Å². The summed E-state index contributed by atoms with van der Waals surface area (Å²) < 4.78 is 13.0. The first-order valence-electron chi connectivity index (χ1n) is 8.22. The highest BCUT2D eigenvalue weighted by atomic mass is 127. The minimum atomic E-state index is 0. The predicted molar refractivity (Wildman–Crippen MR) is 117 cm³/mol. The van der Waals surface area contributed by atoms with Crippen LogP contribution in [0.3, 0.4) is 0 Å². The molecule has 144 valence electrons. The van der Waals surface area contributed by atoms with Gasteiger partial charge in [0.2, 0.25) is 0 Å². The Kier molecular flexibility index (Phi) is 10.3. The lowest BCUT2D eigenvalue weighted by Crippen LogP contribution is -2.38. The fourth-order valence-corrected chi connectivity index (χ4v) is 2.68. The lowest BCUT2D eigenvalue weighted by Gasteiger charge is -2.15. The summed E-state index contributed by atoms with van der Waals surface area (Å²) in [5, 5.41) is 7.09. The molecule has 2 N–H and O–H groups in total. The second-order valence-corrected chi connectivity index (χ2v) is 5.72. The normalized spacial score (nSPS) is 10.8. The largest absolute Gasteiger partial charge is 0.493 e. The Morgan fingerprint density at radius 2 is 1.96 bits per heavy atom. The van der Waals surface area contributed by atoms with Crippen LogP contribution in [0.4, 0.5) is 0 Å². The van der Waals surface area contributed by atoms with Gasteiger partial charge in [-0.2, -0.15) is 0 Å². The van der Waals surface area contributed by atoms with Crippen molar-refractivity contribution >= 4 is 41.5 Å². The van der Waals surface area contributed by atoms with Gasteiger partial charge in [0.15, 0.2) is 17.5 Å². The fourth-order valence-electron chi connectivity index (χ4n) is 2.39. The first kappa shape index (κ1) is 22.4. The standard InChI is InChI=1S/C18H25ClN4O2.HI/c1-4-25-17-15(19)11-14(12-16(17)24-3)13-22-18(20-2)21-7-10-23-8-5-6-9-23;/h5-6,8-9,11-12H,4,7,10,13H2,1-3H3,(H2,20,21,22);1H. The first-order valence-corrected chi connectivity index (χ1v) is 8.60.